The summed E-state index contributed by atoms with van der Waals surface area (Å²) in [6.07, 6.45) is 1.29. The monoisotopic (exact) mass is 327 g/mol. The fraction of sp³-hybridized carbons (Fsp3) is 0.533. The van der Waals surface area contributed by atoms with Gasteiger partial charge in [0.2, 0.25) is 5.91 Å². The number of hydrogen-bond acceptors (Lipinski definition) is 2. The highest BCUT2D eigenvalue weighted by molar-refractivity contribution is 9.10. The van der Waals surface area contributed by atoms with Gasteiger partial charge in [0.15, 0.2) is 0 Å². The Balaban J connectivity index is 2.33. The van der Waals surface area contributed by atoms with E-state index in [1.807, 2.05) is 43.9 Å². The number of rotatable bonds is 7. The average Bonchev–Trinajstić information content (AvgIpc) is 2.38. The quantitative estimate of drug-likeness (QED) is 0.713. The molecule has 0 aromatic heterocycles. The lowest BCUT2D eigenvalue weighted by atomic mass is 10.2. The number of ether oxygens (including phenoxy) is 1. The van der Waals surface area contributed by atoms with Crippen LogP contribution in [0.2, 0.25) is 0 Å². The molecule has 4 heteroatoms. The average molecular weight is 328 g/mol. The van der Waals surface area contributed by atoms with Crippen LogP contribution in [0.3, 0.4) is 0 Å². The minimum atomic E-state index is 0.205. The van der Waals surface area contributed by atoms with Crippen LogP contribution < -0.4 is 4.74 Å². The van der Waals surface area contributed by atoms with Gasteiger partial charge in [-0.2, -0.15) is 0 Å². The van der Waals surface area contributed by atoms with Gasteiger partial charge in [-0.3, -0.25) is 4.79 Å². The van der Waals surface area contributed by atoms with Crippen LogP contribution in [0, 0.1) is 6.92 Å². The van der Waals surface area contributed by atoms with Gasteiger partial charge in [-0.25, -0.2) is 0 Å². The summed E-state index contributed by atoms with van der Waals surface area (Å²) in [5, 5.41) is 0. The molecule has 3 nitrogen and oxygen atoms in total. The summed E-state index contributed by atoms with van der Waals surface area (Å²) in [5.41, 5.74) is 1.19. The third kappa shape index (κ3) is 5.23. The maximum atomic E-state index is 11.8. The predicted molar refractivity (Wildman–Crippen MR) is 81.5 cm³/mol. The molecule has 1 aromatic rings. The Morgan fingerprint density at radius 3 is 2.58 bits per heavy atom. The normalized spacial score (nSPS) is 10.3. The number of benzene rings is 1. The number of carbonyl (C=O) groups is 1. The first-order valence-electron chi connectivity index (χ1n) is 6.75. The summed E-state index contributed by atoms with van der Waals surface area (Å²) in [6.45, 7) is 8.16. The largest absolute Gasteiger partial charge is 0.492 e. The lowest BCUT2D eigenvalue weighted by Gasteiger charge is -2.18. The summed E-state index contributed by atoms with van der Waals surface area (Å²) in [7, 11) is 0. The van der Waals surface area contributed by atoms with Crippen LogP contribution in [0.5, 0.6) is 5.75 Å². The maximum Gasteiger partial charge on any atom is 0.222 e. The first kappa shape index (κ1) is 16.0. The van der Waals surface area contributed by atoms with Gasteiger partial charge in [-0.1, -0.05) is 6.07 Å². The molecular weight excluding hydrogens is 306 g/mol. The molecule has 0 fully saturated rings. The van der Waals surface area contributed by atoms with Gasteiger partial charge in [0.1, 0.15) is 5.75 Å². The summed E-state index contributed by atoms with van der Waals surface area (Å²) < 4.78 is 6.63. The van der Waals surface area contributed by atoms with E-state index in [4.69, 9.17) is 4.74 Å². The van der Waals surface area contributed by atoms with E-state index in [2.05, 4.69) is 15.9 Å². The number of amides is 1. The highest BCUT2D eigenvalue weighted by atomic mass is 79.9. The van der Waals surface area contributed by atoms with E-state index in [0.717, 1.165) is 29.7 Å². The van der Waals surface area contributed by atoms with Gasteiger partial charge in [-0.15, -0.1) is 0 Å². The molecule has 19 heavy (non-hydrogen) atoms. The zero-order chi connectivity index (χ0) is 14.3. The number of hydrogen-bond donors (Lipinski definition) is 0. The fourth-order valence-corrected chi connectivity index (χ4v) is 2.47. The zero-order valence-corrected chi connectivity index (χ0v) is 13.5. The number of nitrogens with zero attached hydrogens (tertiary/aromatic N) is 1. The lowest BCUT2D eigenvalue weighted by molar-refractivity contribution is -0.131. The Kier molecular flexibility index (Phi) is 6.92. The summed E-state index contributed by atoms with van der Waals surface area (Å²) in [5.74, 6) is 1.04. The molecule has 0 spiro atoms. The Labute approximate surface area is 124 Å². The van der Waals surface area contributed by atoms with Crippen LogP contribution in [0.1, 0.15) is 32.3 Å². The van der Waals surface area contributed by atoms with E-state index in [1.165, 1.54) is 5.56 Å². The van der Waals surface area contributed by atoms with Crippen molar-refractivity contribution in [2.75, 3.05) is 19.7 Å². The zero-order valence-electron chi connectivity index (χ0n) is 11.9. The number of carbonyl (C=O) groups excluding carboxylic acids is 1. The Bertz CT molecular complexity index is 417. The lowest BCUT2D eigenvalue weighted by Crippen LogP contribution is -2.30. The van der Waals surface area contributed by atoms with E-state index in [-0.39, 0.29) is 5.91 Å². The third-order valence-corrected chi connectivity index (χ3v) is 3.62. The van der Waals surface area contributed by atoms with Crippen LogP contribution in [-0.2, 0) is 4.79 Å². The smallest absolute Gasteiger partial charge is 0.222 e. The molecule has 0 bridgehead atoms. The maximum absolute atomic E-state index is 11.8. The molecule has 0 saturated heterocycles. The minimum absolute atomic E-state index is 0.205. The molecule has 1 rings (SSSR count). The van der Waals surface area contributed by atoms with Gasteiger partial charge >= 0.3 is 0 Å². The van der Waals surface area contributed by atoms with Crippen molar-refractivity contribution in [1.29, 1.82) is 0 Å². The molecule has 0 aliphatic carbocycles. The van der Waals surface area contributed by atoms with E-state index in [0.29, 0.717) is 13.0 Å². The van der Waals surface area contributed by atoms with Crippen molar-refractivity contribution in [3.63, 3.8) is 0 Å². The van der Waals surface area contributed by atoms with Gasteiger partial charge in [-0.05, 0) is 60.8 Å². The Hall–Kier alpha value is -1.03. The molecule has 106 valence electrons. The fourth-order valence-electron chi connectivity index (χ4n) is 1.86. The van der Waals surface area contributed by atoms with Gasteiger partial charge in [0.05, 0.1) is 11.1 Å². The van der Waals surface area contributed by atoms with Crippen LogP contribution in [-0.4, -0.2) is 30.5 Å². The summed E-state index contributed by atoms with van der Waals surface area (Å²) in [4.78, 5) is 13.6. The second kappa shape index (κ2) is 8.20. The van der Waals surface area contributed by atoms with Crippen molar-refractivity contribution >= 4 is 21.8 Å². The van der Waals surface area contributed by atoms with Gasteiger partial charge < -0.3 is 9.64 Å². The molecule has 0 unspecified atom stereocenters. The van der Waals surface area contributed by atoms with Crippen molar-refractivity contribution in [2.24, 2.45) is 0 Å². The van der Waals surface area contributed by atoms with Crippen molar-refractivity contribution in [2.45, 2.75) is 33.6 Å². The number of aryl methyl sites for hydroxylation is 1. The van der Waals surface area contributed by atoms with Crippen LogP contribution in [0.25, 0.3) is 0 Å². The molecule has 0 radical (unpaired) electrons. The van der Waals surface area contributed by atoms with Gasteiger partial charge in [0, 0.05) is 19.5 Å². The van der Waals surface area contributed by atoms with Crippen molar-refractivity contribution in [3.05, 3.63) is 28.2 Å². The molecule has 1 amide bonds. The molecule has 0 atom stereocenters. The molecule has 0 aliphatic heterocycles. The first-order valence-corrected chi connectivity index (χ1v) is 7.54. The first-order chi connectivity index (χ1) is 9.08. The molecule has 0 aliphatic rings. The number of halogens is 1. The molecule has 0 heterocycles. The van der Waals surface area contributed by atoms with E-state index >= 15 is 0 Å². The van der Waals surface area contributed by atoms with Crippen molar-refractivity contribution in [3.8, 4) is 5.75 Å². The molecular formula is C15H22BrNO2. The SMILES string of the molecule is CCN(CC)C(=O)CCCOc1ccc(C)cc1Br. The Morgan fingerprint density at radius 2 is 2.00 bits per heavy atom. The Morgan fingerprint density at radius 1 is 1.32 bits per heavy atom. The highest BCUT2D eigenvalue weighted by Crippen LogP contribution is 2.25. The van der Waals surface area contributed by atoms with Gasteiger partial charge in [0.25, 0.3) is 0 Å². The van der Waals surface area contributed by atoms with E-state index < -0.39 is 0 Å². The molecule has 0 saturated carbocycles. The van der Waals surface area contributed by atoms with Crippen molar-refractivity contribution in [1.82, 2.24) is 4.90 Å². The van der Waals surface area contributed by atoms with E-state index in [1.54, 1.807) is 0 Å². The molecule has 1 aromatic carbocycles. The topological polar surface area (TPSA) is 29.5 Å². The highest BCUT2D eigenvalue weighted by Gasteiger charge is 2.09. The summed E-state index contributed by atoms with van der Waals surface area (Å²) >= 11 is 3.47. The van der Waals surface area contributed by atoms with Crippen LogP contribution in [0.4, 0.5) is 0 Å². The van der Waals surface area contributed by atoms with Crippen LogP contribution >= 0.6 is 15.9 Å². The third-order valence-electron chi connectivity index (χ3n) is 3.00. The minimum Gasteiger partial charge on any atom is -0.492 e. The second-order valence-corrected chi connectivity index (χ2v) is 5.31. The second-order valence-electron chi connectivity index (χ2n) is 4.45. The summed E-state index contributed by atoms with van der Waals surface area (Å²) in [6, 6.07) is 5.99. The van der Waals surface area contributed by atoms with E-state index in [9.17, 15) is 4.79 Å². The van der Waals surface area contributed by atoms with Crippen LogP contribution in [0.15, 0.2) is 22.7 Å². The predicted octanol–water partition coefficient (Wildman–Crippen LogP) is 3.78. The van der Waals surface area contributed by atoms with Crippen molar-refractivity contribution < 1.29 is 9.53 Å². The standard InChI is InChI=1S/C15H22BrNO2/c1-4-17(5-2)15(18)7-6-10-19-14-9-8-12(3)11-13(14)16/h8-9,11H,4-7,10H2,1-3H3. The molecule has 0 N–H and O–H groups in total.